The molecule has 0 saturated carbocycles. The Bertz CT molecular complexity index is 386. The fourth-order valence-electron chi connectivity index (χ4n) is 1.56. The molecule has 1 rings (SSSR count). The van der Waals surface area contributed by atoms with Crippen LogP contribution >= 0.6 is 24.0 Å². The second kappa shape index (κ2) is 8.39. The monoisotopic (exact) mass is 365 g/mol. The van der Waals surface area contributed by atoms with Gasteiger partial charge < -0.3 is 15.1 Å². The van der Waals surface area contributed by atoms with E-state index in [4.69, 9.17) is 4.42 Å². The van der Waals surface area contributed by atoms with Gasteiger partial charge in [0.15, 0.2) is 5.96 Å². The molecule has 0 aromatic carbocycles. The van der Waals surface area contributed by atoms with Crippen molar-refractivity contribution in [3.63, 3.8) is 0 Å². The number of rotatable bonds is 4. The molecule has 18 heavy (non-hydrogen) atoms. The third-order valence-corrected chi connectivity index (χ3v) is 2.49. The van der Waals surface area contributed by atoms with E-state index < -0.39 is 0 Å². The number of hydrogen-bond donors (Lipinski definition) is 2. The number of aliphatic imine (C=N–C) groups is 1. The maximum absolute atomic E-state index is 5.48. The molecule has 5 heteroatoms. The number of guanidine groups is 1. The Balaban J connectivity index is 0.00000289. The molecule has 1 aromatic rings. The highest BCUT2D eigenvalue weighted by Gasteiger charge is 2.05. The van der Waals surface area contributed by atoms with Gasteiger partial charge in [0.1, 0.15) is 11.5 Å². The predicted octanol–water partition coefficient (Wildman–Crippen LogP) is 2.84. The largest absolute Gasteiger partial charge is 0.466 e. The maximum Gasteiger partial charge on any atom is 0.191 e. The second-order valence-electron chi connectivity index (χ2n) is 4.64. The number of furan rings is 1. The van der Waals surface area contributed by atoms with Crippen LogP contribution < -0.4 is 10.6 Å². The zero-order valence-corrected chi connectivity index (χ0v) is 14.2. The zero-order valence-electron chi connectivity index (χ0n) is 11.8. The van der Waals surface area contributed by atoms with Crippen LogP contribution in [0.3, 0.4) is 0 Å². The van der Waals surface area contributed by atoms with Gasteiger partial charge in [0.25, 0.3) is 0 Å². The summed E-state index contributed by atoms with van der Waals surface area (Å²) < 4.78 is 5.48. The van der Waals surface area contributed by atoms with Crippen molar-refractivity contribution in [2.24, 2.45) is 10.9 Å². The normalized spacial score (nSPS) is 11.3. The van der Waals surface area contributed by atoms with Crippen LogP contribution in [0.1, 0.15) is 30.9 Å². The molecule has 104 valence electrons. The van der Waals surface area contributed by atoms with E-state index in [1.165, 1.54) is 5.56 Å². The Labute approximate surface area is 127 Å². The van der Waals surface area contributed by atoms with E-state index in [0.29, 0.717) is 5.92 Å². The minimum atomic E-state index is 0. The second-order valence-corrected chi connectivity index (χ2v) is 4.64. The van der Waals surface area contributed by atoms with E-state index in [1.807, 2.05) is 13.8 Å². The van der Waals surface area contributed by atoms with Gasteiger partial charge in [-0.25, -0.2) is 0 Å². The minimum Gasteiger partial charge on any atom is -0.466 e. The highest BCUT2D eigenvalue weighted by Crippen LogP contribution is 2.12. The number of nitrogens with one attached hydrogen (secondary N) is 2. The molecule has 0 atom stereocenters. The van der Waals surface area contributed by atoms with Crippen molar-refractivity contribution in [1.29, 1.82) is 0 Å². The smallest absolute Gasteiger partial charge is 0.191 e. The lowest BCUT2D eigenvalue weighted by molar-refractivity contribution is 0.500. The summed E-state index contributed by atoms with van der Waals surface area (Å²) in [5, 5.41) is 6.55. The van der Waals surface area contributed by atoms with Gasteiger partial charge in [-0.2, -0.15) is 0 Å². The van der Waals surface area contributed by atoms with Gasteiger partial charge >= 0.3 is 0 Å². The van der Waals surface area contributed by atoms with Crippen molar-refractivity contribution >= 4 is 29.9 Å². The van der Waals surface area contributed by atoms with E-state index in [1.54, 1.807) is 7.05 Å². The molecular weight excluding hydrogens is 341 g/mol. The van der Waals surface area contributed by atoms with Crippen LogP contribution in [0.4, 0.5) is 0 Å². The fourth-order valence-corrected chi connectivity index (χ4v) is 1.56. The molecule has 0 aliphatic heterocycles. The number of hydrogen-bond acceptors (Lipinski definition) is 2. The highest BCUT2D eigenvalue weighted by molar-refractivity contribution is 14.0. The molecular formula is C13H24IN3O. The third-order valence-electron chi connectivity index (χ3n) is 2.49. The molecule has 0 spiro atoms. The van der Waals surface area contributed by atoms with Crippen LogP contribution in [0.15, 0.2) is 15.5 Å². The van der Waals surface area contributed by atoms with Gasteiger partial charge in [-0.1, -0.05) is 13.8 Å². The summed E-state index contributed by atoms with van der Waals surface area (Å²) >= 11 is 0. The summed E-state index contributed by atoms with van der Waals surface area (Å²) in [6, 6.07) is 2.05. The zero-order chi connectivity index (χ0) is 12.8. The summed E-state index contributed by atoms with van der Waals surface area (Å²) in [7, 11) is 1.78. The van der Waals surface area contributed by atoms with Gasteiger partial charge in [0, 0.05) is 25.7 Å². The molecule has 0 aliphatic rings. The predicted molar refractivity (Wildman–Crippen MR) is 86.6 cm³/mol. The lowest BCUT2D eigenvalue weighted by atomic mass is 10.2. The quantitative estimate of drug-likeness (QED) is 0.490. The number of halogens is 1. The van der Waals surface area contributed by atoms with E-state index in [9.17, 15) is 0 Å². The average Bonchev–Trinajstić information content (AvgIpc) is 2.57. The van der Waals surface area contributed by atoms with Gasteiger partial charge in [-0.15, -0.1) is 24.0 Å². The molecule has 2 N–H and O–H groups in total. The molecule has 0 unspecified atom stereocenters. The summed E-state index contributed by atoms with van der Waals surface area (Å²) in [5.41, 5.74) is 1.18. The van der Waals surface area contributed by atoms with Crippen molar-refractivity contribution in [3.8, 4) is 0 Å². The van der Waals surface area contributed by atoms with Crippen LogP contribution in [0, 0.1) is 19.8 Å². The Morgan fingerprint density at radius 3 is 2.44 bits per heavy atom. The molecule has 0 bridgehead atoms. The lowest BCUT2D eigenvalue weighted by Crippen LogP contribution is -2.38. The standard InChI is InChI=1S/C13H23N3O.HI/c1-9(2)7-15-13(14-5)16-8-12-6-10(3)17-11(12)4;/h6,9H,7-8H2,1-5H3,(H2,14,15,16);1H. The van der Waals surface area contributed by atoms with Crippen LogP contribution in [0.5, 0.6) is 0 Å². The molecule has 1 heterocycles. The topological polar surface area (TPSA) is 49.6 Å². The van der Waals surface area contributed by atoms with Crippen LogP contribution in [-0.4, -0.2) is 19.6 Å². The Morgan fingerprint density at radius 2 is 2.00 bits per heavy atom. The van der Waals surface area contributed by atoms with Crippen LogP contribution in [0.25, 0.3) is 0 Å². The van der Waals surface area contributed by atoms with Gasteiger partial charge in [-0.05, 0) is 25.8 Å². The fraction of sp³-hybridized carbons (Fsp3) is 0.615. The van der Waals surface area contributed by atoms with Gasteiger partial charge in [0.05, 0.1) is 0 Å². The third kappa shape index (κ3) is 5.75. The average molecular weight is 365 g/mol. The van der Waals surface area contributed by atoms with Gasteiger partial charge in [0.2, 0.25) is 0 Å². The van der Waals surface area contributed by atoms with E-state index >= 15 is 0 Å². The minimum absolute atomic E-state index is 0. The van der Waals surface area contributed by atoms with E-state index in [2.05, 4.69) is 35.5 Å². The molecule has 4 nitrogen and oxygen atoms in total. The first kappa shape index (κ1) is 17.3. The molecule has 0 saturated heterocycles. The van der Waals surface area contributed by atoms with Crippen LogP contribution in [0.2, 0.25) is 0 Å². The first-order valence-corrected chi connectivity index (χ1v) is 6.03. The summed E-state index contributed by atoms with van der Waals surface area (Å²) in [4.78, 5) is 4.18. The summed E-state index contributed by atoms with van der Waals surface area (Å²) in [5.74, 6) is 3.35. The molecule has 0 amide bonds. The highest BCUT2D eigenvalue weighted by atomic mass is 127. The van der Waals surface area contributed by atoms with E-state index in [0.717, 1.165) is 30.6 Å². The van der Waals surface area contributed by atoms with Crippen molar-refractivity contribution in [3.05, 3.63) is 23.2 Å². The van der Waals surface area contributed by atoms with Crippen molar-refractivity contribution in [1.82, 2.24) is 10.6 Å². The summed E-state index contributed by atoms with van der Waals surface area (Å²) in [6.07, 6.45) is 0. The van der Waals surface area contributed by atoms with Crippen molar-refractivity contribution in [2.75, 3.05) is 13.6 Å². The first-order valence-electron chi connectivity index (χ1n) is 6.03. The number of aryl methyl sites for hydroxylation is 2. The lowest BCUT2D eigenvalue weighted by Gasteiger charge is -2.12. The van der Waals surface area contributed by atoms with E-state index in [-0.39, 0.29) is 24.0 Å². The molecule has 0 radical (unpaired) electrons. The van der Waals surface area contributed by atoms with Crippen molar-refractivity contribution < 1.29 is 4.42 Å². The van der Waals surface area contributed by atoms with Gasteiger partial charge in [-0.3, -0.25) is 4.99 Å². The number of nitrogens with zero attached hydrogens (tertiary/aromatic N) is 1. The molecule has 0 aliphatic carbocycles. The Hall–Kier alpha value is -0.720. The summed E-state index contributed by atoms with van der Waals surface area (Å²) in [6.45, 7) is 9.94. The molecule has 0 fully saturated rings. The Kier molecular flexibility index (Phi) is 8.06. The van der Waals surface area contributed by atoms with Crippen LogP contribution in [-0.2, 0) is 6.54 Å². The SMILES string of the molecule is CN=C(NCc1cc(C)oc1C)NCC(C)C.I. The maximum atomic E-state index is 5.48. The molecule has 1 aromatic heterocycles. The van der Waals surface area contributed by atoms with Crippen molar-refractivity contribution in [2.45, 2.75) is 34.2 Å². The first-order chi connectivity index (χ1) is 8.02. The Morgan fingerprint density at radius 1 is 1.33 bits per heavy atom.